The second kappa shape index (κ2) is 3.21. The Morgan fingerprint density at radius 1 is 1.89 bits per heavy atom. The molecule has 0 N–H and O–H groups in total. The third kappa shape index (κ3) is 1.82. The smallest absolute Gasteiger partial charge is 0.256 e. The maximum absolute atomic E-state index is 5.00. The summed E-state index contributed by atoms with van der Waals surface area (Å²) in [6.07, 6.45) is 8.13. The van der Waals surface area contributed by atoms with Crippen molar-refractivity contribution >= 4 is 11.8 Å². The summed E-state index contributed by atoms with van der Waals surface area (Å²) >= 11 is 1.41. The van der Waals surface area contributed by atoms with Gasteiger partial charge in [0.25, 0.3) is 5.22 Å². The summed E-state index contributed by atoms with van der Waals surface area (Å²) in [6, 6.07) is 0. The van der Waals surface area contributed by atoms with Crippen LogP contribution in [0.15, 0.2) is 22.1 Å². The molecule has 3 heteroatoms. The van der Waals surface area contributed by atoms with E-state index in [1.54, 1.807) is 6.20 Å². The predicted octanol–water partition coefficient (Wildman–Crippen LogP) is 1.40. The standard InChI is InChI=1S/C6H5NOS/c1-2-5-9-6-7-3-4-8-6/h1,3-4H,5H2. The number of rotatable bonds is 2. The van der Waals surface area contributed by atoms with Crippen molar-refractivity contribution in [3.05, 3.63) is 12.5 Å². The zero-order valence-corrected chi connectivity index (χ0v) is 5.52. The number of terminal acetylenes is 1. The molecule has 46 valence electrons. The summed E-state index contributed by atoms with van der Waals surface area (Å²) in [6.45, 7) is 0. The van der Waals surface area contributed by atoms with Crippen LogP contribution in [-0.2, 0) is 0 Å². The quantitative estimate of drug-likeness (QED) is 0.457. The maximum Gasteiger partial charge on any atom is 0.256 e. The first-order chi connectivity index (χ1) is 4.43. The maximum atomic E-state index is 5.00. The van der Waals surface area contributed by atoms with Crippen LogP contribution in [0.3, 0.4) is 0 Å². The summed E-state index contributed by atoms with van der Waals surface area (Å²) in [7, 11) is 0. The van der Waals surface area contributed by atoms with Gasteiger partial charge in [0.2, 0.25) is 0 Å². The van der Waals surface area contributed by atoms with Crippen LogP contribution in [0.2, 0.25) is 0 Å². The predicted molar refractivity (Wildman–Crippen MR) is 36.1 cm³/mol. The molecule has 1 heterocycles. The molecular formula is C6H5NOS. The molecule has 1 aromatic heterocycles. The van der Waals surface area contributed by atoms with Gasteiger partial charge in [-0.3, -0.25) is 0 Å². The Hall–Kier alpha value is -0.880. The fraction of sp³-hybridized carbons (Fsp3) is 0.167. The van der Waals surface area contributed by atoms with Gasteiger partial charge in [0, 0.05) is 0 Å². The molecule has 0 amide bonds. The van der Waals surface area contributed by atoms with Crippen molar-refractivity contribution in [2.75, 3.05) is 5.75 Å². The van der Waals surface area contributed by atoms with Crippen molar-refractivity contribution < 1.29 is 4.42 Å². The van der Waals surface area contributed by atoms with Crippen molar-refractivity contribution in [3.8, 4) is 12.3 Å². The van der Waals surface area contributed by atoms with Gasteiger partial charge in [-0.2, -0.15) is 0 Å². The van der Waals surface area contributed by atoms with Crippen molar-refractivity contribution in [2.24, 2.45) is 0 Å². The molecule has 0 bridgehead atoms. The fourth-order valence-corrected chi connectivity index (χ4v) is 0.851. The molecule has 1 aromatic rings. The third-order valence-corrected chi connectivity index (χ3v) is 1.45. The van der Waals surface area contributed by atoms with E-state index in [9.17, 15) is 0 Å². The van der Waals surface area contributed by atoms with Crippen LogP contribution in [-0.4, -0.2) is 10.7 Å². The lowest BCUT2D eigenvalue weighted by Crippen LogP contribution is -1.70. The summed E-state index contributed by atoms with van der Waals surface area (Å²) in [5.74, 6) is 3.08. The first-order valence-electron chi connectivity index (χ1n) is 2.39. The second-order valence-corrected chi connectivity index (χ2v) is 2.22. The zero-order chi connectivity index (χ0) is 6.53. The number of aromatic nitrogens is 1. The van der Waals surface area contributed by atoms with Gasteiger partial charge in [0.1, 0.15) is 6.26 Å². The first kappa shape index (κ1) is 6.24. The van der Waals surface area contributed by atoms with Gasteiger partial charge < -0.3 is 4.42 Å². The average Bonchev–Trinajstić information content (AvgIpc) is 2.34. The third-order valence-electron chi connectivity index (χ3n) is 0.689. The monoisotopic (exact) mass is 139 g/mol. The normalized spacial score (nSPS) is 8.78. The SMILES string of the molecule is C#CCSc1ncco1. The van der Waals surface area contributed by atoms with E-state index >= 15 is 0 Å². The minimum atomic E-state index is 0.612. The van der Waals surface area contributed by atoms with E-state index in [-0.39, 0.29) is 0 Å². The molecule has 0 aliphatic heterocycles. The van der Waals surface area contributed by atoms with Crippen molar-refractivity contribution in [1.82, 2.24) is 4.98 Å². The van der Waals surface area contributed by atoms with Crippen molar-refractivity contribution in [3.63, 3.8) is 0 Å². The molecule has 0 unspecified atom stereocenters. The van der Waals surface area contributed by atoms with E-state index in [0.29, 0.717) is 11.0 Å². The Kier molecular flexibility index (Phi) is 2.22. The number of nitrogens with zero attached hydrogens (tertiary/aromatic N) is 1. The summed E-state index contributed by atoms with van der Waals surface area (Å²) in [4.78, 5) is 3.85. The van der Waals surface area contributed by atoms with E-state index in [0.717, 1.165) is 0 Å². The number of hydrogen-bond donors (Lipinski definition) is 0. The molecule has 0 saturated heterocycles. The van der Waals surface area contributed by atoms with Gasteiger partial charge in [-0.15, -0.1) is 6.42 Å². The van der Waals surface area contributed by atoms with E-state index in [4.69, 9.17) is 10.8 Å². The second-order valence-electron chi connectivity index (χ2n) is 1.29. The van der Waals surface area contributed by atoms with E-state index < -0.39 is 0 Å². The minimum absolute atomic E-state index is 0.612. The van der Waals surface area contributed by atoms with Gasteiger partial charge in [-0.25, -0.2) is 4.98 Å². The largest absolute Gasteiger partial charge is 0.440 e. The minimum Gasteiger partial charge on any atom is -0.440 e. The molecule has 2 nitrogen and oxygen atoms in total. The molecule has 0 fully saturated rings. The Labute approximate surface area is 57.7 Å². The Morgan fingerprint density at radius 3 is 3.33 bits per heavy atom. The molecule has 0 aliphatic rings. The summed E-state index contributed by atoms with van der Waals surface area (Å²) in [5, 5.41) is 0.632. The number of hydrogen-bond acceptors (Lipinski definition) is 3. The molecule has 0 aliphatic carbocycles. The van der Waals surface area contributed by atoms with Gasteiger partial charge in [0.15, 0.2) is 0 Å². The summed E-state index contributed by atoms with van der Waals surface area (Å²) < 4.78 is 4.89. The highest BCUT2D eigenvalue weighted by Crippen LogP contribution is 2.12. The lowest BCUT2D eigenvalue weighted by molar-refractivity contribution is 0.454. The van der Waals surface area contributed by atoms with Crippen LogP contribution >= 0.6 is 11.8 Å². The van der Waals surface area contributed by atoms with Crippen LogP contribution < -0.4 is 0 Å². The van der Waals surface area contributed by atoms with Crippen LogP contribution in [0, 0.1) is 12.3 Å². The first-order valence-corrected chi connectivity index (χ1v) is 3.38. The molecule has 1 rings (SSSR count). The van der Waals surface area contributed by atoms with Gasteiger partial charge in [-0.1, -0.05) is 17.7 Å². The average molecular weight is 139 g/mol. The Bertz CT molecular complexity index is 199. The van der Waals surface area contributed by atoms with Crippen LogP contribution in [0.4, 0.5) is 0 Å². The highest BCUT2D eigenvalue weighted by Gasteiger charge is 1.92. The summed E-state index contributed by atoms with van der Waals surface area (Å²) in [5.41, 5.74) is 0. The molecule has 0 aromatic carbocycles. The molecule has 0 saturated carbocycles. The van der Waals surface area contributed by atoms with E-state index in [1.807, 2.05) is 0 Å². The molecular weight excluding hydrogens is 134 g/mol. The molecule has 0 radical (unpaired) electrons. The van der Waals surface area contributed by atoms with E-state index in [2.05, 4.69) is 10.9 Å². The lowest BCUT2D eigenvalue weighted by Gasteiger charge is -1.83. The zero-order valence-electron chi connectivity index (χ0n) is 4.70. The van der Waals surface area contributed by atoms with Gasteiger partial charge >= 0.3 is 0 Å². The topological polar surface area (TPSA) is 26.0 Å². The highest BCUT2D eigenvalue weighted by atomic mass is 32.2. The van der Waals surface area contributed by atoms with Crippen molar-refractivity contribution in [1.29, 1.82) is 0 Å². The Balaban J connectivity index is 2.41. The van der Waals surface area contributed by atoms with Crippen molar-refractivity contribution in [2.45, 2.75) is 5.22 Å². The molecule has 0 spiro atoms. The van der Waals surface area contributed by atoms with Crippen LogP contribution in [0.5, 0.6) is 0 Å². The molecule has 9 heavy (non-hydrogen) atoms. The number of oxazole rings is 1. The van der Waals surface area contributed by atoms with Crippen LogP contribution in [0.25, 0.3) is 0 Å². The van der Waals surface area contributed by atoms with Gasteiger partial charge in [0.05, 0.1) is 11.9 Å². The van der Waals surface area contributed by atoms with E-state index in [1.165, 1.54) is 18.0 Å². The fourth-order valence-electron chi connectivity index (χ4n) is 0.385. The lowest BCUT2D eigenvalue weighted by atomic mass is 10.8. The van der Waals surface area contributed by atoms with Gasteiger partial charge in [-0.05, 0) is 0 Å². The Morgan fingerprint density at radius 2 is 2.78 bits per heavy atom. The molecule has 0 atom stereocenters. The van der Waals surface area contributed by atoms with Crippen LogP contribution in [0.1, 0.15) is 0 Å². The number of thioether (sulfide) groups is 1. The highest BCUT2D eigenvalue weighted by molar-refractivity contribution is 7.99.